The monoisotopic (exact) mass is 285 g/mol. The summed E-state index contributed by atoms with van der Waals surface area (Å²) in [5, 5.41) is 15.9. The van der Waals surface area contributed by atoms with E-state index >= 15 is 0 Å². The van der Waals surface area contributed by atoms with Crippen molar-refractivity contribution in [3.05, 3.63) is 10.1 Å². The van der Waals surface area contributed by atoms with Crippen LogP contribution in [0.1, 0.15) is 13.3 Å². The molecule has 5 atom stereocenters. The highest BCUT2D eigenvalue weighted by atomic mass is 16.6. The first-order valence-electron chi connectivity index (χ1n) is 6.12. The number of rotatable bonds is 2. The van der Waals surface area contributed by atoms with Gasteiger partial charge in [-0.15, -0.1) is 0 Å². The van der Waals surface area contributed by atoms with Gasteiger partial charge in [0.25, 0.3) is 0 Å². The van der Waals surface area contributed by atoms with E-state index < -0.39 is 52.6 Å². The quantitative estimate of drug-likeness (QED) is 0.142. The molecule has 0 bridgehead atoms. The highest BCUT2D eigenvalue weighted by Crippen LogP contribution is 2.33. The second kappa shape index (κ2) is 5.04. The van der Waals surface area contributed by atoms with Gasteiger partial charge in [-0.25, -0.2) is 5.84 Å². The number of nitro groups is 1. The molecule has 2 rings (SSSR count). The van der Waals surface area contributed by atoms with Crippen molar-refractivity contribution < 1.29 is 19.3 Å². The van der Waals surface area contributed by atoms with Crippen molar-refractivity contribution in [3.63, 3.8) is 0 Å². The number of amides is 3. The van der Waals surface area contributed by atoms with E-state index in [9.17, 15) is 24.5 Å². The molecule has 110 valence electrons. The molecule has 3 amide bonds. The molecule has 1 aliphatic heterocycles. The third-order valence-electron chi connectivity index (χ3n) is 4.03. The van der Waals surface area contributed by atoms with Gasteiger partial charge in [-0.05, 0) is 0 Å². The minimum atomic E-state index is -0.992. The van der Waals surface area contributed by atoms with Gasteiger partial charge in [0.05, 0.1) is 18.0 Å². The van der Waals surface area contributed by atoms with Crippen molar-refractivity contribution in [2.75, 3.05) is 0 Å². The Morgan fingerprint density at radius 2 is 2.00 bits per heavy atom. The molecule has 1 saturated heterocycles. The second-order valence-corrected chi connectivity index (χ2v) is 5.06. The van der Waals surface area contributed by atoms with Crippen LogP contribution in [-0.2, 0) is 14.4 Å². The predicted molar refractivity (Wildman–Crippen MR) is 64.2 cm³/mol. The van der Waals surface area contributed by atoms with Crippen LogP contribution in [0.4, 0.5) is 0 Å². The Hall–Kier alpha value is -2.23. The molecule has 0 radical (unpaired) electrons. The highest BCUT2D eigenvalue weighted by Gasteiger charge is 2.53. The molecule has 10 heteroatoms. The van der Waals surface area contributed by atoms with E-state index in [0.717, 1.165) is 0 Å². The highest BCUT2D eigenvalue weighted by molar-refractivity contribution is 6.35. The van der Waals surface area contributed by atoms with E-state index in [0.29, 0.717) is 0 Å². The molecular formula is C10H15N5O5. The largest absolute Gasteiger partial charge is 0.343 e. The second-order valence-electron chi connectivity index (χ2n) is 5.06. The van der Waals surface area contributed by atoms with Gasteiger partial charge < -0.3 is 10.6 Å². The lowest BCUT2D eigenvalue weighted by Crippen LogP contribution is -2.71. The van der Waals surface area contributed by atoms with E-state index in [1.807, 2.05) is 5.43 Å². The maximum atomic E-state index is 11.9. The van der Waals surface area contributed by atoms with Crippen LogP contribution in [0.5, 0.6) is 0 Å². The first kappa shape index (κ1) is 14.2. The molecule has 2 fully saturated rings. The molecule has 1 aliphatic carbocycles. The van der Waals surface area contributed by atoms with Crippen LogP contribution in [0.3, 0.4) is 0 Å². The molecule has 0 aromatic rings. The van der Waals surface area contributed by atoms with E-state index in [1.54, 1.807) is 6.92 Å². The molecule has 0 aromatic heterocycles. The summed E-state index contributed by atoms with van der Waals surface area (Å²) in [6, 6.07) is -2.35. The molecule has 0 aromatic carbocycles. The smallest absolute Gasteiger partial charge is 0.309 e. The van der Waals surface area contributed by atoms with Gasteiger partial charge in [0, 0.05) is 17.3 Å². The van der Waals surface area contributed by atoms with Crippen LogP contribution in [0.15, 0.2) is 0 Å². The molecule has 2 aliphatic rings. The van der Waals surface area contributed by atoms with Crippen LogP contribution >= 0.6 is 0 Å². The molecule has 20 heavy (non-hydrogen) atoms. The van der Waals surface area contributed by atoms with E-state index in [4.69, 9.17) is 5.84 Å². The lowest BCUT2D eigenvalue weighted by molar-refractivity contribution is -0.537. The van der Waals surface area contributed by atoms with Gasteiger partial charge in [0.15, 0.2) is 0 Å². The standard InChI is InChI=1S/C10H15N5O5/c1-3-5(15(19)20)2-4-7(6(3)8(16)14-11)13-10(18)9(17)12-4/h3-7H,2,11H2,1H3,(H,12,17)(H,13,18)(H,14,16). The van der Waals surface area contributed by atoms with E-state index in [1.165, 1.54) is 0 Å². The number of piperazine rings is 1. The zero-order valence-corrected chi connectivity index (χ0v) is 10.7. The number of carbonyl (C=O) groups is 3. The SMILES string of the molecule is CC1C(C(=O)NN)C2NC(=O)C(=O)NC2CC1[N+](=O)[O-]. The van der Waals surface area contributed by atoms with Crippen LogP contribution in [0.2, 0.25) is 0 Å². The summed E-state index contributed by atoms with van der Waals surface area (Å²) in [7, 11) is 0. The molecule has 5 unspecified atom stereocenters. The average molecular weight is 285 g/mol. The fourth-order valence-electron chi connectivity index (χ4n) is 3.00. The van der Waals surface area contributed by atoms with Gasteiger partial charge in [0.2, 0.25) is 11.9 Å². The lowest BCUT2D eigenvalue weighted by atomic mass is 9.70. The number of carbonyl (C=O) groups excluding carboxylic acids is 3. The van der Waals surface area contributed by atoms with Gasteiger partial charge in [0.1, 0.15) is 0 Å². The van der Waals surface area contributed by atoms with Crippen molar-refractivity contribution in [2.45, 2.75) is 31.5 Å². The third kappa shape index (κ3) is 2.18. The van der Waals surface area contributed by atoms with Gasteiger partial charge in [-0.2, -0.15) is 0 Å². The van der Waals surface area contributed by atoms with Crippen molar-refractivity contribution in [2.24, 2.45) is 17.7 Å². The summed E-state index contributed by atoms with van der Waals surface area (Å²) in [6.45, 7) is 1.56. The maximum Gasteiger partial charge on any atom is 0.309 e. The van der Waals surface area contributed by atoms with Gasteiger partial charge in [-0.3, -0.25) is 29.9 Å². The van der Waals surface area contributed by atoms with Crippen LogP contribution in [0.25, 0.3) is 0 Å². The third-order valence-corrected chi connectivity index (χ3v) is 4.03. The van der Waals surface area contributed by atoms with Crippen LogP contribution in [-0.4, -0.2) is 40.8 Å². The number of hydrogen-bond acceptors (Lipinski definition) is 6. The number of nitrogens with zero attached hydrogens (tertiary/aromatic N) is 1. The average Bonchev–Trinajstić information content (AvgIpc) is 2.39. The molecule has 1 heterocycles. The fraction of sp³-hybridized carbons (Fsp3) is 0.700. The number of nitrogens with two attached hydrogens (primary N) is 1. The number of hydrogen-bond donors (Lipinski definition) is 4. The van der Waals surface area contributed by atoms with Crippen molar-refractivity contribution >= 4 is 17.7 Å². The van der Waals surface area contributed by atoms with Crippen molar-refractivity contribution in [1.29, 1.82) is 0 Å². The molecule has 5 N–H and O–H groups in total. The van der Waals surface area contributed by atoms with Crippen LogP contribution < -0.4 is 21.9 Å². The molecule has 0 spiro atoms. The number of fused-ring (bicyclic) bond motifs is 1. The summed E-state index contributed by atoms with van der Waals surface area (Å²) in [5.74, 6) is 1.30. The molecule has 1 saturated carbocycles. The predicted octanol–water partition coefficient (Wildman–Crippen LogP) is -2.74. The fourth-order valence-corrected chi connectivity index (χ4v) is 3.00. The zero-order valence-electron chi connectivity index (χ0n) is 10.7. The van der Waals surface area contributed by atoms with E-state index in [-0.39, 0.29) is 6.42 Å². The van der Waals surface area contributed by atoms with Crippen LogP contribution in [0, 0.1) is 22.0 Å². The Balaban J connectivity index is 2.34. The summed E-state index contributed by atoms with van der Waals surface area (Å²) >= 11 is 0. The maximum absolute atomic E-state index is 11.9. The zero-order chi connectivity index (χ0) is 15.0. The molecule has 10 nitrogen and oxygen atoms in total. The minimum Gasteiger partial charge on any atom is -0.343 e. The Morgan fingerprint density at radius 3 is 2.55 bits per heavy atom. The summed E-state index contributed by atoms with van der Waals surface area (Å²) in [6.07, 6.45) is 0.0548. The van der Waals surface area contributed by atoms with Crippen molar-refractivity contribution in [3.8, 4) is 0 Å². The Bertz CT molecular complexity index is 481. The van der Waals surface area contributed by atoms with Gasteiger partial charge in [-0.1, -0.05) is 6.92 Å². The minimum absolute atomic E-state index is 0.0548. The number of hydrazine groups is 1. The summed E-state index contributed by atoms with van der Waals surface area (Å²) in [4.78, 5) is 45.2. The van der Waals surface area contributed by atoms with Gasteiger partial charge >= 0.3 is 11.8 Å². The Kier molecular flexibility index (Phi) is 3.57. The summed E-state index contributed by atoms with van der Waals surface area (Å²) < 4.78 is 0. The topological polar surface area (TPSA) is 156 Å². The van der Waals surface area contributed by atoms with Crippen molar-refractivity contribution in [1.82, 2.24) is 16.1 Å². The Labute approximate surface area is 113 Å². The lowest BCUT2D eigenvalue weighted by Gasteiger charge is -2.44. The Morgan fingerprint density at radius 1 is 1.40 bits per heavy atom. The normalized spacial score (nSPS) is 36.4. The number of nitrogens with one attached hydrogen (secondary N) is 3. The molecular weight excluding hydrogens is 270 g/mol. The first-order chi connectivity index (χ1) is 9.36. The first-order valence-corrected chi connectivity index (χ1v) is 6.12. The summed E-state index contributed by atoms with van der Waals surface area (Å²) in [5.41, 5.74) is 1.96. The van der Waals surface area contributed by atoms with E-state index in [2.05, 4.69) is 10.6 Å².